The van der Waals surface area contributed by atoms with E-state index in [4.69, 9.17) is 9.78 Å². The molecule has 3 rings (SSSR count). The van der Waals surface area contributed by atoms with Gasteiger partial charge in [0, 0.05) is 5.92 Å². The Balaban J connectivity index is 2.11. The molecule has 0 amide bonds. The Morgan fingerprint density at radius 2 is 2.17 bits per heavy atom. The van der Waals surface area contributed by atoms with Crippen LogP contribution in [0.25, 0.3) is 0 Å². The van der Waals surface area contributed by atoms with Gasteiger partial charge in [0.1, 0.15) is 12.2 Å². The molecule has 3 aliphatic rings. The van der Waals surface area contributed by atoms with E-state index in [1.807, 2.05) is 0 Å². The van der Waals surface area contributed by atoms with Gasteiger partial charge in [-0.2, -0.15) is 0 Å². The van der Waals surface area contributed by atoms with Crippen LogP contribution in [0.5, 0.6) is 0 Å². The third kappa shape index (κ3) is 1.45. The maximum atomic E-state index is 5.16. The van der Waals surface area contributed by atoms with Gasteiger partial charge in [0.15, 0.2) is 0 Å². The third-order valence-electron chi connectivity index (χ3n) is 2.28. The molecule has 0 saturated carbocycles. The predicted molar refractivity (Wildman–Crippen MR) is 46.4 cm³/mol. The van der Waals surface area contributed by atoms with Crippen LogP contribution in [-0.4, -0.2) is 12.2 Å². The van der Waals surface area contributed by atoms with Gasteiger partial charge in [0.2, 0.25) is 0 Å². The van der Waals surface area contributed by atoms with E-state index in [0.717, 1.165) is 6.42 Å². The van der Waals surface area contributed by atoms with Crippen LogP contribution in [-0.2, 0) is 9.78 Å². The minimum absolute atomic E-state index is 0.143. The molecule has 0 aromatic heterocycles. The summed E-state index contributed by atoms with van der Waals surface area (Å²) < 4.78 is 0. The average Bonchev–Trinajstić information content (AvgIpc) is 2.05. The monoisotopic (exact) mass is 166 g/mol. The van der Waals surface area contributed by atoms with E-state index in [9.17, 15) is 0 Å². The summed E-state index contributed by atoms with van der Waals surface area (Å²) in [4.78, 5) is 10.2. The first-order valence-electron chi connectivity index (χ1n) is 4.41. The minimum atomic E-state index is 0.143. The molecule has 0 aromatic rings. The Bertz CT molecular complexity index is 226. The Kier molecular flexibility index (Phi) is 2.03. The van der Waals surface area contributed by atoms with E-state index in [1.165, 1.54) is 5.57 Å². The van der Waals surface area contributed by atoms with Crippen LogP contribution < -0.4 is 0 Å². The fourth-order valence-corrected chi connectivity index (χ4v) is 1.76. The molecule has 0 aromatic carbocycles. The lowest BCUT2D eigenvalue weighted by molar-refractivity contribution is -0.369. The first kappa shape index (κ1) is 8.02. The van der Waals surface area contributed by atoms with Gasteiger partial charge in [0.05, 0.1) is 0 Å². The summed E-state index contributed by atoms with van der Waals surface area (Å²) in [7, 11) is 0. The van der Waals surface area contributed by atoms with Crippen LogP contribution in [0.15, 0.2) is 23.8 Å². The van der Waals surface area contributed by atoms with E-state index in [0.29, 0.717) is 5.92 Å². The van der Waals surface area contributed by atoms with Gasteiger partial charge < -0.3 is 0 Å². The summed E-state index contributed by atoms with van der Waals surface area (Å²) in [6, 6.07) is 0. The van der Waals surface area contributed by atoms with Crippen molar-refractivity contribution in [3.05, 3.63) is 23.8 Å². The fraction of sp³-hybridized carbons (Fsp3) is 0.600. The summed E-state index contributed by atoms with van der Waals surface area (Å²) >= 11 is 0. The quantitative estimate of drug-likeness (QED) is 0.439. The molecule has 66 valence electrons. The maximum absolute atomic E-state index is 5.16. The number of rotatable bonds is 1. The highest BCUT2D eigenvalue weighted by molar-refractivity contribution is 5.12. The molecular formula is C10H14O2. The van der Waals surface area contributed by atoms with Crippen molar-refractivity contribution in [3.8, 4) is 0 Å². The summed E-state index contributed by atoms with van der Waals surface area (Å²) in [5, 5.41) is 0. The van der Waals surface area contributed by atoms with E-state index in [1.54, 1.807) is 0 Å². The average molecular weight is 166 g/mol. The smallest absolute Gasteiger partial charge is 0.118 e. The molecule has 12 heavy (non-hydrogen) atoms. The normalized spacial score (nSPS) is 38.3. The summed E-state index contributed by atoms with van der Waals surface area (Å²) in [5.41, 5.74) is 1.35. The highest BCUT2D eigenvalue weighted by Gasteiger charge is 2.32. The van der Waals surface area contributed by atoms with Gasteiger partial charge in [-0.05, 0) is 20.3 Å². The van der Waals surface area contributed by atoms with Gasteiger partial charge in [0.25, 0.3) is 0 Å². The number of allylic oxidation sites excluding steroid dienone is 1. The maximum Gasteiger partial charge on any atom is 0.118 e. The van der Waals surface area contributed by atoms with Crippen molar-refractivity contribution in [1.29, 1.82) is 0 Å². The predicted octanol–water partition coefficient (Wildman–Crippen LogP) is 2.23. The second kappa shape index (κ2) is 3.04. The minimum Gasteiger partial charge on any atom is -0.229 e. The van der Waals surface area contributed by atoms with Gasteiger partial charge >= 0.3 is 0 Å². The van der Waals surface area contributed by atoms with Crippen LogP contribution in [0, 0.1) is 5.92 Å². The van der Waals surface area contributed by atoms with Crippen molar-refractivity contribution in [2.24, 2.45) is 5.92 Å². The van der Waals surface area contributed by atoms with Crippen molar-refractivity contribution >= 4 is 0 Å². The second-order valence-corrected chi connectivity index (χ2v) is 3.72. The topological polar surface area (TPSA) is 18.5 Å². The molecule has 0 spiro atoms. The lowest BCUT2D eigenvalue weighted by atomic mass is 9.88. The fourth-order valence-electron chi connectivity index (χ4n) is 1.76. The number of hydrogen-bond donors (Lipinski definition) is 0. The molecule has 2 heteroatoms. The first-order valence-corrected chi connectivity index (χ1v) is 4.41. The van der Waals surface area contributed by atoms with Gasteiger partial charge in [-0.25, -0.2) is 9.78 Å². The highest BCUT2D eigenvalue weighted by atomic mass is 17.2. The molecule has 0 unspecified atom stereocenters. The molecule has 0 radical (unpaired) electrons. The highest BCUT2D eigenvalue weighted by Crippen LogP contribution is 2.31. The summed E-state index contributed by atoms with van der Waals surface area (Å²) in [5.74, 6) is 0.513. The lowest BCUT2D eigenvalue weighted by Crippen LogP contribution is -2.37. The molecule has 1 saturated heterocycles. The van der Waals surface area contributed by atoms with Crippen molar-refractivity contribution in [2.75, 3.05) is 0 Å². The molecule has 3 atom stereocenters. The van der Waals surface area contributed by atoms with Gasteiger partial charge in [-0.15, -0.1) is 0 Å². The van der Waals surface area contributed by atoms with Crippen molar-refractivity contribution < 1.29 is 9.78 Å². The van der Waals surface area contributed by atoms with E-state index in [2.05, 4.69) is 32.1 Å². The standard InChI is InChI=1S/C10H14O2/c1-7(2)5-8-6-9-3-4-10(8)12-11-9/h3-5,8-10H,6H2,1-2H3/t8-,9+,10-/m1/s1. The molecule has 2 heterocycles. The van der Waals surface area contributed by atoms with Crippen molar-refractivity contribution in [2.45, 2.75) is 32.5 Å². The zero-order valence-electron chi connectivity index (χ0n) is 7.49. The Morgan fingerprint density at radius 1 is 1.33 bits per heavy atom. The van der Waals surface area contributed by atoms with Gasteiger partial charge in [-0.1, -0.05) is 23.8 Å². The summed E-state index contributed by atoms with van der Waals surface area (Å²) in [6.45, 7) is 4.24. The second-order valence-electron chi connectivity index (χ2n) is 3.72. The molecule has 2 aliphatic heterocycles. The van der Waals surface area contributed by atoms with Crippen LogP contribution >= 0.6 is 0 Å². The van der Waals surface area contributed by atoms with Crippen molar-refractivity contribution in [1.82, 2.24) is 0 Å². The molecule has 1 aliphatic carbocycles. The van der Waals surface area contributed by atoms with Crippen LogP contribution in [0.4, 0.5) is 0 Å². The molecule has 1 fully saturated rings. The number of hydrogen-bond acceptors (Lipinski definition) is 2. The molecule has 0 N–H and O–H groups in total. The van der Waals surface area contributed by atoms with Crippen LogP contribution in [0.2, 0.25) is 0 Å². The Hall–Kier alpha value is -0.600. The lowest BCUT2D eigenvalue weighted by Gasteiger charge is -2.35. The molecule has 2 bridgehead atoms. The molecule has 2 nitrogen and oxygen atoms in total. The first-order chi connectivity index (χ1) is 5.75. The zero-order chi connectivity index (χ0) is 8.55. The largest absolute Gasteiger partial charge is 0.229 e. The van der Waals surface area contributed by atoms with Crippen LogP contribution in [0.3, 0.4) is 0 Å². The van der Waals surface area contributed by atoms with E-state index >= 15 is 0 Å². The SMILES string of the molecule is CC(C)=C[C@@H]1C[C@@H]2C=C[C@H]1OO2. The number of fused-ring (bicyclic) bond motifs is 2. The van der Waals surface area contributed by atoms with Crippen LogP contribution in [0.1, 0.15) is 20.3 Å². The van der Waals surface area contributed by atoms with Crippen molar-refractivity contribution in [3.63, 3.8) is 0 Å². The van der Waals surface area contributed by atoms with E-state index < -0.39 is 0 Å². The Labute approximate surface area is 72.8 Å². The summed E-state index contributed by atoms with van der Waals surface area (Å²) in [6.07, 6.45) is 7.84. The molecular weight excluding hydrogens is 152 g/mol. The van der Waals surface area contributed by atoms with Gasteiger partial charge in [-0.3, -0.25) is 0 Å². The zero-order valence-corrected chi connectivity index (χ0v) is 7.49. The Morgan fingerprint density at radius 3 is 2.58 bits per heavy atom. The third-order valence-corrected chi connectivity index (χ3v) is 2.28. The van der Waals surface area contributed by atoms with E-state index in [-0.39, 0.29) is 12.2 Å².